The summed E-state index contributed by atoms with van der Waals surface area (Å²) in [5.74, 6) is -3.09. The molecule has 1 saturated heterocycles. The van der Waals surface area contributed by atoms with Gasteiger partial charge in [0.15, 0.2) is 0 Å². The topological polar surface area (TPSA) is 184 Å². The van der Waals surface area contributed by atoms with Crippen LogP contribution >= 0.6 is 0 Å². The zero-order chi connectivity index (χ0) is 41.7. The number of ether oxygens (including phenoxy) is 1. The Bertz CT molecular complexity index is 2210. The Hall–Kier alpha value is -5.31. The van der Waals surface area contributed by atoms with E-state index >= 15 is 0 Å². The number of alkyl carbamates (subject to hydrolysis) is 1. The molecule has 15 heteroatoms. The van der Waals surface area contributed by atoms with Crippen molar-refractivity contribution < 1.29 is 37.1 Å². The van der Waals surface area contributed by atoms with Crippen molar-refractivity contribution >= 4 is 50.6 Å². The minimum absolute atomic E-state index is 0.0193. The SMILES string of the molecule is C=C[C@H]1C[C@]1(NC(=O)[C@@H]1C[C@@H](N(C)C(=O)c2cc(-c3ccccc3)nc3ccccc23)CN1C(=O)[C@@H](NC(=O)OC(C)(C)C)C(C)(C)C)C(=O)NS(=O)(=O)C1CC1. The fourth-order valence-corrected chi connectivity index (χ4v) is 8.67. The van der Waals surface area contributed by atoms with Crippen molar-refractivity contribution in [2.75, 3.05) is 13.6 Å². The Labute approximate surface area is 333 Å². The molecule has 304 valence electrons. The molecule has 0 radical (unpaired) electrons. The molecule has 3 aromatic rings. The van der Waals surface area contributed by atoms with Crippen molar-refractivity contribution in [1.29, 1.82) is 0 Å². The number of sulfonamides is 1. The van der Waals surface area contributed by atoms with Gasteiger partial charge in [0, 0.05) is 30.5 Å². The second-order valence-electron chi connectivity index (χ2n) is 17.4. The van der Waals surface area contributed by atoms with E-state index in [1.165, 1.54) is 15.9 Å². The number of likely N-dealkylation sites (N-methyl/N-ethyl adjacent to an activating group) is 1. The summed E-state index contributed by atoms with van der Waals surface area (Å²) in [7, 11) is -2.32. The van der Waals surface area contributed by atoms with Crippen molar-refractivity contribution in [1.82, 2.24) is 30.1 Å². The van der Waals surface area contributed by atoms with Crippen molar-refractivity contribution in [3.8, 4) is 11.3 Å². The summed E-state index contributed by atoms with van der Waals surface area (Å²) in [5, 5.41) is 5.46. The van der Waals surface area contributed by atoms with Gasteiger partial charge in [0.1, 0.15) is 23.2 Å². The zero-order valence-corrected chi connectivity index (χ0v) is 34.3. The molecule has 2 heterocycles. The standard InChI is InChI=1S/C42H52N6O8S/c1-9-26-23-42(26,38(52)46-57(54,55)28-19-20-28)45-35(49)33-21-27(24-48(33)37(51)34(40(2,3)4)44-39(53)56-41(5,6)7)47(8)36(50)30-22-32(25-15-11-10-12-16-25)43-31-18-14-13-17-29(30)31/h9-18,22,26-28,33-34H,1,19-21,23-24H2,2-8H3,(H,44,53)(H,45,49)(H,46,52)/t26-,27+,33-,34+,42+/m0/s1. The largest absolute Gasteiger partial charge is 0.444 e. The van der Waals surface area contributed by atoms with Crippen molar-refractivity contribution in [2.24, 2.45) is 11.3 Å². The second kappa shape index (κ2) is 15.2. The first-order valence-electron chi connectivity index (χ1n) is 19.2. The molecule has 57 heavy (non-hydrogen) atoms. The predicted octanol–water partition coefficient (Wildman–Crippen LogP) is 4.55. The van der Waals surface area contributed by atoms with Gasteiger partial charge in [-0.2, -0.15) is 0 Å². The minimum Gasteiger partial charge on any atom is -0.444 e. The lowest BCUT2D eigenvalue weighted by Gasteiger charge is -2.36. The monoisotopic (exact) mass is 800 g/mol. The number of nitrogens with one attached hydrogen (secondary N) is 3. The number of fused-ring (bicyclic) bond motifs is 1. The van der Waals surface area contributed by atoms with E-state index < -0.39 is 79.7 Å². The maximum atomic E-state index is 14.7. The third kappa shape index (κ3) is 8.83. The molecular weight excluding hydrogens is 749 g/mol. The number of para-hydroxylation sites is 1. The number of hydrogen-bond donors (Lipinski definition) is 3. The predicted molar refractivity (Wildman–Crippen MR) is 215 cm³/mol. The van der Waals surface area contributed by atoms with Gasteiger partial charge in [0.2, 0.25) is 21.8 Å². The first-order valence-corrected chi connectivity index (χ1v) is 20.7. The van der Waals surface area contributed by atoms with E-state index in [1.54, 1.807) is 54.7 Å². The molecule has 6 rings (SSSR count). The van der Waals surface area contributed by atoms with Gasteiger partial charge in [-0.05, 0) is 64.0 Å². The van der Waals surface area contributed by atoms with Crippen LogP contribution in [0, 0.1) is 11.3 Å². The van der Waals surface area contributed by atoms with E-state index in [-0.39, 0.29) is 25.3 Å². The molecule has 1 aromatic heterocycles. The molecular formula is C42H52N6O8S. The van der Waals surface area contributed by atoms with Gasteiger partial charge in [-0.3, -0.25) is 23.9 Å². The molecule has 0 bridgehead atoms. The van der Waals surface area contributed by atoms with Gasteiger partial charge in [-0.1, -0.05) is 75.4 Å². The number of nitrogens with zero attached hydrogens (tertiary/aromatic N) is 3. The number of carbonyl (C=O) groups excluding carboxylic acids is 5. The van der Waals surface area contributed by atoms with Gasteiger partial charge in [0.05, 0.1) is 28.1 Å². The number of rotatable bonds is 11. The van der Waals surface area contributed by atoms with Crippen molar-refractivity contribution in [3.05, 3.63) is 78.9 Å². The van der Waals surface area contributed by atoms with Crippen LogP contribution < -0.4 is 15.4 Å². The lowest BCUT2D eigenvalue weighted by molar-refractivity contribution is -0.143. The number of aromatic nitrogens is 1. The third-order valence-corrected chi connectivity index (χ3v) is 12.6. The molecule has 0 spiro atoms. The highest BCUT2D eigenvalue weighted by atomic mass is 32.2. The zero-order valence-electron chi connectivity index (χ0n) is 33.5. The smallest absolute Gasteiger partial charge is 0.408 e. The molecule has 2 aliphatic carbocycles. The number of pyridine rings is 1. The van der Waals surface area contributed by atoms with Gasteiger partial charge in [-0.25, -0.2) is 18.2 Å². The number of amides is 5. The Morgan fingerprint density at radius 1 is 1.00 bits per heavy atom. The highest BCUT2D eigenvalue weighted by molar-refractivity contribution is 7.91. The van der Waals surface area contributed by atoms with E-state index in [0.29, 0.717) is 35.0 Å². The average molecular weight is 801 g/mol. The Kier molecular flexibility index (Phi) is 11.0. The molecule has 5 amide bonds. The molecule has 14 nitrogen and oxygen atoms in total. The average Bonchev–Trinajstić information content (AvgIpc) is 4.08. The van der Waals surface area contributed by atoms with Crippen LogP contribution in [0.1, 0.15) is 77.6 Å². The highest BCUT2D eigenvalue weighted by Gasteiger charge is 2.62. The molecule has 2 saturated carbocycles. The Balaban J connectivity index is 1.33. The molecule has 2 aromatic carbocycles. The van der Waals surface area contributed by atoms with Gasteiger partial charge < -0.3 is 25.2 Å². The van der Waals surface area contributed by atoms with Crippen LogP contribution in [-0.4, -0.2) is 101 Å². The molecule has 3 N–H and O–H groups in total. The van der Waals surface area contributed by atoms with Crippen molar-refractivity contribution in [3.63, 3.8) is 0 Å². The Morgan fingerprint density at radius 3 is 2.25 bits per heavy atom. The van der Waals surface area contributed by atoms with Crippen LogP contribution in [0.3, 0.4) is 0 Å². The summed E-state index contributed by atoms with van der Waals surface area (Å²) in [6.45, 7) is 14.1. The summed E-state index contributed by atoms with van der Waals surface area (Å²) in [6, 6.07) is 15.4. The number of likely N-dealkylation sites (tertiary alicyclic amines) is 1. The molecule has 3 aliphatic rings. The maximum Gasteiger partial charge on any atom is 0.408 e. The van der Waals surface area contributed by atoms with Gasteiger partial charge in [0.25, 0.3) is 11.8 Å². The van der Waals surface area contributed by atoms with Crippen LogP contribution in [0.5, 0.6) is 0 Å². The first-order chi connectivity index (χ1) is 26.6. The number of carbonyl (C=O) groups is 5. The lowest BCUT2D eigenvalue weighted by atomic mass is 9.85. The van der Waals surface area contributed by atoms with Crippen LogP contribution in [0.15, 0.2) is 73.3 Å². The third-order valence-electron chi connectivity index (χ3n) is 10.8. The van der Waals surface area contributed by atoms with E-state index in [9.17, 15) is 32.4 Å². The fraction of sp³-hybridized carbons (Fsp3) is 0.476. The highest BCUT2D eigenvalue weighted by Crippen LogP contribution is 2.45. The summed E-state index contributed by atoms with van der Waals surface area (Å²) < 4.78 is 33.2. The molecule has 0 unspecified atom stereocenters. The number of hydrogen-bond acceptors (Lipinski definition) is 9. The summed E-state index contributed by atoms with van der Waals surface area (Å²) in [6.07, 6.45) is 1.63. The molecule has 3 fully saturated rings. The minimum atomic E-state index is -3.94. The van der Waals surface area contributed by atoms with E-state index in [0.717, 1.165) is 5.56 Å². The summed E-state index contributed by atoms with van der Waals surface area (Å²) in [4.78, 5) is 78.0. The maximum absolute atomic E-state index is 14.7. The van der Waals surface area contributed by atoms with Crippen LogP contribution in [0.4, 0.5) is 4.79 Å². The van der Waals surface area contributed by atoms with Crippen LogP contribution in [0.2, 0.25) is 0 Å². The van der Waals surface area contributed by atoms with Gasteiger partial charge in [-0.15, -0.1) is 6.58 Å². The number of benzene rings is 2. The molecule has 1 aliphatic heterocycles. The van der Waals surface area contributed by atoms with Crippen LogP contribution in [-0.2, 0) is 29.1 Å². The summed E-state index contributed by atoms with van der Waals surface area (Å²) in [5.41, 5.74) is -0.900. The Morgan fingerprint density at radius 2 is 1.65 bits per heavy atom. The van der Waals surface area contributed by atoms with E-state index in [4.69, 9.17) is 9.72 Å². The lowest BCUT2D eigenvalue weighted by Crippen LogP contribution is -2.60. The second-order valence-corrected chi connectivity index (χ2v) is 19.3. The molecule has 5 atom stereocenters. The fourth-order valence-electron chi connectivity index (χ4n) is 7.31. The van der Waals surface area contributed by atoms with Gasteiger partial charge >= 0.3 is 6.09 Å². The van der Waals surface area contributed by atoms with Crippen LogP contribution in [0.25, 0.3) is 22.2 Å². The first kappa shape index (κ1) is 41.3. The van der Waals surface area contributed by atoms with E-state index in [1.807, 2.05) is 54.6 Å². The quantitative estimate of drug-likeness (QED) is 0.234. The van der Waals surface area contributed by atoms with Crippen molar-refractivity contribution in [2.45, 2.75) is 102 Å². The van der Waals surface area contributed by atoms with E-state index in [2.05, 4.69) is 21.9 Å². The normalized spacial score (nSPS) is 22.6. The summed E-state index contributed by atoms with van der Waals surface area (Å²) >= 11 is 0.